The second-order valence-electron chi connectivity index (χ2n) is 7.23. The van der Waals surface area contributed by atoms with Crippen molar-refractivity contribution in [3.05, 3.63) is 64.2 Å². The van der Waals surface area contributed by atoms with E-state index in [4.69, 9.17) is 6.42 Å². The number of amides is 2. The van der Waals surface area contributed by atoms with Crippen molar-refractivity contribution in [2.75, 3.05) is 11.9 Å². The molecule has 1 atom stereocenters. The van der Waals surface area contributed by atoms with Gasteiger partial charge in [-0.2, -0.15) is 5.26 Å². The van der Waals surface area contributed by atoms with Gasteiger partial charge in [0.2, 0.25) is 0 Å². The molecule has 0 radical (unpaired) electrons. The van der Waals surface area contributed by atoms with Crippen LogP contribution < -0.4 is 10.6 Å². The minimum Gasteiger partial charge on any atom is -0.394 e. The normalized spacial score (nSPS) is 14.7. The lowest BCUT2D eigenvalue weighted by molar-refractivity contribution is 0.225. The molecule has 3 N–H and O–H groups in total. The van der Waals surface area contributed by atoms with Gasteiger partial charge in [0.05, 0.1) is 24.4 Å². The zero-order chi connectivity index (χ0) is 21.8. The van der Waals surface area contributed by atoms with Gasteiger partial charge in [0.25, 0.3) is 0 Å². The Bertz CT molecular complexity index is 1190. The number of aliphatic hydroxyl groups is 1. The van der Waals surface area contributed by atoms with E-state index >= 15 is 0 Å². The molecule has 2 amide bonds. The number of thiazole rings is 1. The lowest BCUT2D eigenvalue weighted by Gasteiger charge is -2.18. The molecule has 0 aliphatic heterocycles. The van der Waals surface area contributed by atoms with Gasteiger partial charge in [-0.1, -0.05) is 30.3 Å². The summed E-state index contributed by atoms with van der Waals surface area (Å²) in [6.45, 7) is -0.269. The first-order chi connectivity index (χ1) is 15.1. The van der Waals surface area contributed by atoms with Crippen molar-refractivity contribution >= 4 is 23.2 Å². The van der Waals surface area contributed by atoms with E-state index in [1.165, 1.54) is 11.3 Å². The number of nitriles is 1. The molecule has 1 aromatic carbocycles. The van der Waals surface area contributed by atoms with E-state index in [2.05, 4.69) is 32.6 Å². The Morgan fingerprint density at radius 2 is 2.10 bits per heavy atom. The number of anilines is 1. The number of terminal acetylenes is 1. The summed E-state index contributed by atoms with van der Waals surface area (Å²) < 4.78 is 0. The van der Waals surface area contributed by atoms with Crippen LogP contribution in [-0.2, 0) is 5.41 Å². The van der Waals surface area contributed by atoms with E-state index in [1.54, 1.807) is 11.6 Å². The first-order valence-corrected chi connectivity index (χ1v) is 10.5. The minimum atomic E-state index is -0.595. The van der Waals surface area contributed by atoms with Crippen LogP contribution in [0.2, 0.25) is 0 Å². The number of benzene rings is 1. The average molecular weight is 430 g/mol. The largest absolute Gasteiger partial charge is 0.394 e. The fraction of sp³-hybridized carbons (Fsp3) is 0.217. The Hall–Kier alpha value is -3.72. The Morgan fingerprint density at radius 3 is 2.71 bits per heavy atom. The summed E-state index contributed by atoms with van der Waals surface area (Å²) in [6, 6.07) is 12.6. The van der Waals surface area contributed by atoms with Crippen LogP contribution in [0.3, 0.4) is 0 Å². The standard InChI is InChI=1S/C23H19N5O2S/c1-2-20-27-19(13-31-20)28-22(30)26-18(12-29)16-7-5-15(6-8-16)17-4-3-11-25-21(17)23(14-24)9-10-23/h1,3-8,11,13,18,29H,9-10,12H2,(H2,26,28,30)/t18-/m0/s1. The number of aromatic nitrogens is 2. The van der Waals surface area contributed by atoms with Gasteiger partial charge in [0.15, 0.2) is 5.01 Å². The third-order valence-electron chi connectivity index (χ3n) is 5.21. The van der Waals surface area contributed by atoms with Crippen molar-refractivity contribution in [2.45, 2.75) is 24.3 Å². The molecule has 1 fully saturated rings. The maximum absolute atomic E-state index is 12.3. The predicted molar refractivity (Wildman–Crippen MR) is 118 cm³/mol. The second kappa shape index (κ2) is 8.57. The topological polar surface area (TPSA) is 111 Å². The molecule has 0 saturated heterocycles. The van der Waals surface area contributed by atoms with Crippen molar-refractivity contribution in [2.24, 2.45) is 0 Å². The number of nitrogens with one attached hydrogen (secondary N) is 2. The molecule has 2 aromatic heterocycles. The zero-order valence-electron chi connectivity index (χ0n) is 16.5. The molecular weight excluding hydrogens is 410 g/mol. The summed E-state index contributed by atoms with van der Waals surface area (Å²) in [4.78, 5) is 20.8. The molecule has 8 heteroatoms. The number of hydrogen-bond acceptors (Lipinski definition) is 6. The maximum Gasteiger partial charge on any atom is 0.320 e. The third kappa shape index (κ3) is 4.26. The van der Waals surface area contributed by atoms with Crippen LogP contribution in [0.25, 0.3) is 11.1 Å². The van der Waals surface area contributed by atoms with E-state index < -0.39 is 17.5 Å². The van der Waals surface area contributed by atoms with Gasteiger partial charge in [0.1, 0.15) is 11.2 Å². The van der Waals surface area contributed by atoms with Crippen molar-refractivity contribution in [1.82, 2.24) is 15.3 Å². The summed E-state index contributed by atoms with van der Waals surface area (Å²) in [5.41, 5.74) is 2.91. The van der Waals surface area contributed by atoms with Crippen molar-refractivity contribution in [1.29, 1.82) is 5.26 Å². The minimum absolute atomic E-state index is 0.269. The number of pyridine rings is 1. The van der Waals surface area contributed by atoms with Gasteiger partial charge >= 0.3 is 6.03 Å². The highest BCUT2D eigenvalue weighted by atomic mass is 32.1. The van der Waals surface area contributed by atoms with Gasteiger partial charge in [0, 0.05) is 17.1 Å². The zero-order valence-corrected chi connectivity index (χ0v) is 17.3. The smallest absolute Gasteiger partial charge is 0.320 e. The summed E-state index contributed by atoms with van der Waals surface area (Å²) in [5, 5.41) is 26.8. The number of urea groups is 1. The Balaban J connectivity index is 1.49. The molecule has 4 rings (SSSR count). The van der Waals surface area contributed by atoms with Crippen LogP contribution in [0.4, 0.5) is 10.6 Å². The maximum atomic E-state index is 12.3. The van der Waals surface area contributed by atoms with E-state index in [-0.39, 0.29) is 6.61 Å². The van der Waals surface area contributed by atoms with Gasteiger partial charge in [-0.25, -0.2) is 9.78 Å². The molecule has 1 aliphatic carbocycles. The summed E-state index contributed by atoms with van der Waals surface area (Å²) in [5.74, 6) is 2.77. The van der Waals surface area contributed by atoms with E-state index in [0.29, 0.717) is 10.8 Å². The van der Waals surface area contributed by atoms with Crippen LogP contribution in [0.15, 0.2) is 48.0 Å². The third-order valence-corrected chi connectivity index (χ3v) is 5.98. The van der Waals surface area contributed by atoms with Crippen LogP contribution in [0.1, 0.15) is 35.1 Å². The number of hydrogen-bond donors (Lipinski definition) is 3. The molecule has 1 saturated carbocycles. The Labute approximate surface area is 183 Å². The Kier molecular flexibility index (Phi) is 5.68. The predicted octanol–water partition coefficient (Wildman–Crippen LogP) is 3.60. The van der Waals surface area contributed by atoms with Gasteiger partial charge in [-0.15, -0.1) is 17.8 Å². The summed E-state index contributed by atoms with van der Waals surface area (Å²) >= 11 is 1.26. The lowest BCUT2D eigenvalue weighted by atomic mass is 9.93. The van der Waals surface area contributed by atoms with Gasteiger partial charge in [-0.3, -0.25) is 10.3 Å². The van der Waals surface area contributed by atoms with E-state index in [1.807, 2.05) is 36.4 Å². The molecule has 31 heavy (non-hydrogen) atoms. The van der Waals surface area contributed by atoms with Gasteiger partial charge in [-0.05, 0) is 36.0 Å². The van der Waals surface area contributed by atoms with Crippen LogP contribution in [0, 0.1) is 23.7 Å². The van der Waals surface area contributed by atoms with Crippen molar-refractivity contribution in [3.63, 3.8) is 0 Å². The molecule has 3 aromatic rings. The highest BCUT2D eigenvalue weighted by molar-refractivity contribution is 7.10. The van der Waals surface area contributed by atoms with E-state index in [9.17, 15) is 15.2 Å². The average Bonchev–Trinajstić information content (AvgIpc) is 3.49. The quantitative estimate of drug-likeness (QED) is 0.519. The number of carbonyl (C=O) groups excluding carboxylic acids is 1. The first kappa shape index (κ1) is 20.5. The summed E-state index contributed by atoms with van der Waals surface area (Å²) in [7, 11) is 0. The molecule has 154 valence electrons. The van der Waals surface area contributed by atoms with Crippen LogP contribution in [-0.4, -0.2) is 27.7 Å². The summed E-state index contributed by atoms with van der Waals surface area (Å²) in [6.07, 6.45) is 8.64. The fourth-order valence-electron chi connectivity index (χ4n) is 3.38. The molecule has 0 unspecified atom stereocenters. The van der Waals surface area contributed by atoms with E-state index in [0.717, 1.165) is 35.2 Å². The second-order valence-corrected chi connectivity index (χ2v) is 8.09. The number of aliphatic hydroxyl groups excluding tert-OH is 1. The number of nitrogens with zero attached hydrogens (tertiary/aromatic N) is 3. The van der Waals surface area contributed by atoms with Crippen molar-refractivity contribution in [3.8, 4) is 29.5 Å². The molecule has 1 aliphatic rings. The molecule has 7 nitrogen and oxygen atoms in total. The highest BCUT2D eigenvalue weighted by Gasteiger charge is 2.47. The first-order valence-electron chi connectivity index (χ1n) is 9.66. The molecule has 2 heterocycles. The fourth-order valence-corrected chi connectivity index (χ4v) is 3.94. The SMILES string of the molecule is C#Cc1nc(NC(=O)N[C@@H](CO)c2ccc(-c3cccnc3C3(C#N)CC3)cc2)cs1. The number of rotatable bonds is 6. The van der Waals surface area contributed by atoms with Gasteiger partial charge < -0.3 is 10.4 Å². The lowest BCUT2D eigenvalue weighted by Crippen LogP contribution is -2.34. The molecular formula is C23H19N5O2S. The molecule has 0 spiro atoms. The monoisotopic (exact) mass is 429 g/mol. The number of carbonyl (C=O) groups is 1. The van der Waals surface area contributed by atoms with Crippen LogP contribution >= 0.6 is 11.3 Å². The Morgan fingerprint density at radius 1 is 1.32 bits per heavy atom. The highest BCUT2D eigenvalue weighted by Crippen LogP contribution is 2.49. The molecule has 0 bridgehead atoms. The van der Waals surface area contributed by atoms with Crippen molar-refractivity contribution < 1.29 is 9.90 Å². The van der Waals surface area contributed by atoms with Crippen LogP contribution in [0.5, 0.6) is 0 Å².